The molecule has 1 aliphatic heterocycles. The number of hydrogen-bond acceptors (Lipinski definition) is 3. The van der Waals surface area contributed by atoms with E-state index in [2.05, 4.69) is 22.1 Å². The summed E-state index contributed by atoms with van der Waals surface area (Å²) in [6, 6.07) is 9.01. The van der Waals surface area contributed by atoms with Crippen molar-refractivity contribution in [1.82, 2.24) is 14.7 Å². The second-order valence-electron chi connectivity index (χ2n) is 6.44. The molecule has 1 aromatic carbocycles. The lowest BCUT2D eigenvalue weighted by atomic mass is 9.95. The molecule has 1 N–H and O–H groups in total. The SMILES string of the molecule is Cn1nc(CC2(O)CCN(C3CC3)C2)c2ccccc21. The minimum atomic E-state index is -0.598. The highest BCUT2D eigenvalue weighted by Gasteiger charge is 2.42. The summed E-state index contributed by atoms with van der Waals surface area (Å²) in [5, 5.41) is 16.7. The van der Waals surface area contributed by atoms with Gasteiger partial charge in [0.05, 0.1) is 16.8 Å². The van der Waals surface area contributed by atoms with E-state index in [0.29, 0.717) is 6.42 Å². The van der Waals surface area contributed by atoms with E-state index in [9.17, 15) is 5.11 Å². The lowest BCUT2D eigenvalue weighted by Gasteiger charge is -2.22. The summed E-state index contributed by atoms with van der Waals surface area (Å²) in [5.74, 6) is 0. The third-order valence-corrected chi connectivity index (χ3v) is 4.76. The predicted molar refractivity (Wildman–Crippen MR) is 78.6 cm³/mol. The minimum Gasteiger partial charge on any atom is -0.388 e. The van der Waals surface area contributed by atoms with Gasteiger partial charge in [-0.05, 0) is 25.3 Å². The highest BCUT2D eigenvalue weighted by atomic mass is 16.3. The number of aryl methyl sites for hydroxylation is 1. The van der Waals surface area contributed by atoms with Crippen molar-refractivity contribution in [2.45, 2.75) is 37.3 Å². The van der Waals surface area contributed by atoms with Crippen LogP contribution in [0.1, 0.15) is 25.0 Å². The van der Waals surface area contributed by atoms with Crippen LogP contribution in [0.25, 0.3) is 10.9 Å². The van der Waals surface area contributed by atoms with Gasteiger partial charge in [0.1, 0.15) is 0 Å². The maximum Gasteiger partial charge on any atom is 0.0842 e. The van der Waals surface area contributed by atoms with E-state index in [4.69, 9.17) is 0 Å². The van der Waals surface area contributed by atoms with Crippen molar-refractivity contribution >= 4 is 10.9 Å². The van der Waals surface area contributed by atoms with Gasteiger partial charge in [-0.25, -0.2) is 0 Å². The molecule has 2 heterocycles. The maximum absolute atomic E-state index is 10.9. The Morgan fingerprint density at radius 3 is 2.95 bits per heavy atom. The topological polar surface area (TPSA) is 41.3 Å². The maximum atomic E-state index is 10.9. The molecular weight excluding hydrogens is 250 g/mol. The smallest absolute Gasteiger partial charge is 0.0842 e. The molecule has 0 bridgehead atoms. The van der Waals surface area contributed by atoms with Crippen molar-refractivity contribution in [2.24, 2.45) is 7.05 Å². The predicted octanol–water partition coefficient (Wildman–Crippen LogP) is 1.71. The number of nitrogens with zero attached hydrogens (tertiary/aromatic N) is 3. The molecule has 1 aromatic heterocycles. The van der Waals surface area contributed by atoms with Crippen molar-refractivity contribution in [3.63, 3.8) is 0 Å². The Labute approximate surface area is 119 Å². The first-order valence-corrected chi connectivity index (χ1v) is 7.52. The van der Waals surface area contributed by atoms with Gasteiger partial charge in [0, 0.05) is 38.0 Å². The summed E-state index contributed by atoms with van der Waals surface area (Å²) in [4.78, 5) is 2.45. The number of rotatable bonds is 3. The molecule has 1 aliphatic carbocycles. The van der Waals surface area contributed by atoms with Gasteiger partial charge in [-0.2, -0.15) is 5.10 Å². The van der Waals surface area contributed by atoms with Crippen LogP contribution in [0.4, 0.5) is 0 Å². The van der Waals surface area contributed by atoms with Crippen LogP contribution >= 0.6 is 0 Å². The van der Waals surface area contributed by atoms with Crippen LogP contribution in [0.15, 0.2) is 24.3 Å². The number of para-hydroxylation sites is 1. The number of fused-ring (bicyclic) bond motifs is 1. The molecule has 4 rings (SSSR count). The monoisotopic (exact) mass is 271 g/mol. The van der Waals surface area contributed by atoms with E-state index in [1.165, 1.54) is 18.2 Å². The van der Waals surface area contributed by atoms with Gasteiger partial charge in [0.2, 0.25) is 0 Å². The number of aliphatic hydroxyl groups is 1. The lowest BCUT2D eigenvalue weighted by molar-refractivity contribution is 0.0479. The molecule has 2 fully saturated rings. The van der Waals surface area contributed by atoms with Crippen LogP contribution < -0.4 is 0 Å². The fraction of sp³-hybridized carbons (Fsp3) is 0.562. The Morgan fingerprint density at radius 2 is 2.15 bits per heavy atom. The second-order valence-corrected chi connectivity index (χ2v) is 6.44. The summed E-state index contributed by atoms with van der Waals surface area (Å²) < 4.78 is 1.92. The van der Waals surface area contributed by atoms with E-state index < -0.39 is 5.60 Å². The molecule has 0 amide bonds. The van der Waals surface area contributed by atoms with Crippen molar-refractivity contribution in [1.29, 1.82) is 0 Å². The molecule has 1 saturated heterocycles. The molecule has 106 valence electrons. The normalized spacial score (nSPS) is 27.5. The van der Waals surface area contributed by atoms with Gasteiger partial charge in [-0.1, -0.05) is 18.2 Å². The Balaban J connectivity index is 1.61. The molecule has 0 radical (unpaired) electrons. The van der Waals surface area contributed by atoms with Gasteiger partial charge in [-0.15, -0.1) is 0 Å². The molecule has 4 nitrogen and oxygen atoms in total. The molecule has 2 aliphatic rings. The molecular formula is C16H21N3O. The third kappa shape index (κ3) is 2.03. The fourth-order valence-corrected chi connectivity index (χ4v) is 3.51. The quantitative estimate of drug-likeness (QED) is 0.924. The van der Waals surface area contributed by atoms with E-state index >= 15 is 0 Å². The second kappa shape index (κ2) is 4.30. The van der Waals surface area contributed by atoms with E-state index in [1.807, 2.05) is 23.9 Å². The van der Waals surface area contributed by atoms with Crippen LogP contribution in [0.2, 0.25) is 0 Å². The zero-order valence-electron chi connectivity index (χ0n) is 11.9. The zero-order chi connectivity index (χ0) is 13.7. The van der Waals surface area contributed by atoms with E-state index in [1.54, 1.807) is 0 Å². The lowest BCUT2D eigenvalue weighted by Crippen LogP contribution is -2.36. The van der Waals surface area contributed by atoms with Gasteiger partial charge >= 0.3 is 0 Å². The standard InChI is InChI=1S/C16H21N3O/c1-18-15-5-3-2-4-13(15)14(17-18)10-16(20)8-9-19(11-16)12-6-7-12/h2-5,12,20H,6-11H2,1H3. The highest BCUT2D eigenvalue weighted by molar-refractivity contribution is 5.81. The van der Waals surface area contributed by atoms with Gasteiger partial charge in [0.15, 0.2) is 0 Å². The number of benzene rings is 1. The molecule has 0 spiro atoms. The Morgan fingerprint density at radius 1 is 1.35 bits per heavy atom. The van der Waals surface area contributed by atoms with E-state index in [0.717, 1.165) is 36.8 Å². The zero-order valence-corrected chi connectivity index (χ0v) is 11.9. The summed E-state index contributed by atoms with van der Waals surface area (Å²) in [6.45, 7) is 1.84. The molecule has 4 heteroatoms. The average molecular weight is 271 g/mol. The van der Waals surface area contributed by atoms with Crippen molar-refractivity contribution in [3.05, 3.63) is 30.0 Å². The van der Waals surface area contributed by atoms with Crippen LogP contribution in [0, 0.1) is 0 Å². The Bertz CT molecular complexity index is 646. The first kappa shape index (κ1) is 12.4. The largest absolute Gasteiger partial charge is 0.388 e. The third-order valence-electron chi connectivity index (χ3n) is 4.76. The summed E-state index contributed by atoms with van der Waals surface area (Å²) >= 11 is 0. The summed E-state index contributed by atoms with van der Waals surface area (Å²) in [7, 11) is 1.97. The fourth-order valence-electron chi connectivity index (χ4n) is 3.51. The van der Waals surface area contributed by atoms with Crippen molar-refractivity contribution < 1.29 is 5.11 Å². The number of hydrogen-bond donors (Lipinski definition) is 1. The first-order valence-electron chi connectivity index (χ1n) is 7.52. The van der Waals surface area contributed by atoms with E-state index in [-0.39, 0.29) is 0 Å². The van der Waals surface area contributed by atoms with Crippen LogP contribution in [0.5, 0.6) is 0 Å². The Hall–Kier alpha value is -1.39. The number of aromatic nitrogens is 2. The van der Waals surface area contributed by atoms with Crippen LogP contribution in [-0.2, 0) is 13.5 Å². The summed E-state index contributed by atoms with van der Waals surface area (Å²) in [6.07, 6.45) is 4.15. The van der Waals surface area contributed by atoms with Crippen molar-refractivity contribution in [2.75, 3.05) is 13.1 Å². The molecule has 1 unspecified atom stereocenters. The van der Waals surface area contributed by atoms with Gasteiger partial charge in [-0.3, -0.25) is 9.58 Å². The number of likely N-dealkylation sites (tertiary alicyclic amines) is 1. The average Bonchev–Trinajstić information content (AvgIpc) is 3.15. The number of β-amino-alcohol motifs (C(OH)–C–C–N with tert-alkyl or cyclic N) is 1. The highest BCUT2D eigenvalue weighted by Crippen LogP contribution is 2.35. The van der Waals surface area contributed by atoms with Crippen LogP contribution in [-0.4, -0.2) is 44.5 Å². The minimum absolute atomic E-state index is 0.598. The first-order chi connectivity index (χ1) is 9.65. The summed E-state index contributed by atoms with van der Waals surface area (Å²) in [5.41, 5.74) is 1.58. The van der Waals surface area contributed by atoms with Crippen LogP contribution in [0.3, 0.4) is 0 Å². The molecule has 20 heavy (non-hydrogen) atoms. The molecule has 1 atom stereocenters. The van der Waals surface area contributed by atoms with Crippen molar-refractivity contribution in [3.8, 4) is 0 Å². The molecule has 2 aromatic rings. The van der Waals surface area contributed by atoms with Gasteiger partial charge in [0.25, 0.3) is 0 Å². The molecule has 1 saturated carbocycles. The van der Waals surface area contributed by atoms with Gasteiger partial charge < -0.3 is 5.11 Å². The Kier molecular flexibility index (Phi) is 2.66.